The number of ether oxygens (including phenoxy) is 2. The number of pyridine rings is 2. The number of fused-ring (bicyclic) bond motifs is 3. The second kappa shape index (κ2) is 12.0. The predicted octanol–water partition coefficient (Wildman–Crippen LogP) is 7.17. The fourth-order valence-corrected chi connectivity index (χ4v) is 7.49. The summed E-state index contributed by atoms with van der Waals surface area (Å²) < 4.78 is 42.6. The van der Waals surface area contributed by atoms with Crippen molar-refractivity contribution in [3.63, 3.8) is 0 Å². The Morgan fingerprint density at radius 2 is 1.79 bits per heavy atom. The second-order valence-electron chi connectivity index (χ2n) is 14.9. The van der Waals surface area contributed by atoms with Crippen LogP contribution in [-0.4, -0.2) is 70.9 Å². The highest BCUT2D eigenvalue weighted by Crippen LogP contribution is 2.46. The molecule has 1 amide bonds. The summed E-state index contributed by atoms with van der Waals surface area (Å²) in [6.45, 7) is 7.92. The minimum absolute atomic E-state index is 0.0902. The van der Waals surface area contributed by atoms with Gasteiger partial charge in [-0.3, -0.25) is 4.79 Å². The first kappa shape index (κ1) is 32.7. The normalized spacial score (nSPS) is 22.0. The minimum Gasteiger partial charge on any atom is -0.480 e. The number of halogens is 3. The third-order valence-corrected chi connectivity index (χ3v) is 10.7. The predicted molar refractivity (Wildman–Crippen MR) is 183 cm³/mol. The number of nitrogens with zero attached hydrogens (tertiary/aromatic N) is 4. The summed E-state index contributed by atoms with van der Waals surface area (Å²) in [6.07, 6.45) is 6.75. The highest BCUT2D eigenvalue weighted by Gasteiger charge is 2.51. The van der Waals surface area contributed by atoms with E-state index < -0.39 is 29.7 Å². The van der Waals surface area contributed by atoms with Gasteiger partial charge in [0.25, 0.3) is 5.56 Å². The standard InChI is InChI=1S/C35H43ClF2N6O4/c1-33(2,3)48-32(46)44-15-11-34(12-16-44)9-13-43(14-10-34)27-18-25(24(36)19-39-27)40-22-7-8-26-23(17-22)28-29(31(45)42(26)4)47-20-35(37,38)30(41-28)21-5-6-21/h7-8,17-19,21,30,41H,5-6,9-16,20H2,1-4H3,(H,39,40)/t30-/m0/s1. The van der Waals surface area contributed by atoms with Crippen LogP contribution in [0.1, 0.15) is 59.3 Å². The number of likely N-dealkylation sites (tertiary alicyclic amines) is 1. The lowest BCUT2D eigenvalue weighted by molar-refractivity contribution is -0.0579. The highest BCUT2D eigenvalue weighted by atomic mass is 35.5. The average molecular weight is 685 g/mol. The van der Waals surface area contributed by atoms with E-state index in [2.05, 4.69) is 20.5 Å². The van der Waals surface area contributed by atoms with E-state index in [0.717, 1.165) is 44.6 Å². The molecule has 10 nitrogen and oxygen atoms in total. The van der Waals surface area contributed by atoms with Gasteiger partial charge in [-0.1, -0.05) is 11.6 Å². The Morgan fingerprint density at radius 1 is 1.10 bits per heavy atom. The minimum atomic E-state index is -3.11. The van der Waals surface area contributed by atoms with E-state index in [1.54, 1.807) is 19.3 Å². The molecule has 13 heteroatoms. The number of aromatic nitrogens is 2. The van der Waals surface area contributed by atoms with Gasteiger partial charge in [0.1, 0.15) is 11.4 Å². The third kappa shape index (κ3) is 6.35. The first-order valence-corrected chi connectivity index (χ1v) is 17.2. The number of rotatable bonds is 4. The van der Waals surface area contributed by atoms with Crippen LogP contribution in [0.4, 0.5) is 36.5 Å². The smallest absolute Gasteiger partial charge is 0.410 e. The summed E-state index contributed by atoms with van der Waals surface area (Å²) in [5.41, 5.74) is 1.47. The molecule has 3 aromatic rings. The van der Waals surface area contributed by atoms with Crippen LogP contribution in [0.15, 0.2) is 35.3 Å². The molecule has 48 heavy (non-hydrogen) atoms. The summed E-state index contributed by atoms with van der Waals surface area (Å²) in [7, 11) is 1.61. The number of benzene rings is 1. The first-order valence-electron chi connectivity index (χ1n) is 16.8. The molecule has 2 N–H and O–H groups in total. The molecule has 5 heterocycles. The fraction of sp³-hybridized carbons (Fsp3) is 0.571. The highest BCUT2D eigenvalue weighted by molar-refractivity contribution is 6.33. The van der Waals surface area contributed by atoms with Gasteiger partial charge in [-0.05, 0) is 88.8 Å². The number of hydrogen-bond acceptors (Lipinski definition) is 8. The van der Waals surface area contributed by atoms with Gasteiger partial charge in [-0.2, -0.15) is 0 Å². The van der Waals surface area contributed by atoms with Gasteiger partial charge in [-0.15, -0.1) is 0 Å². The van der Waals surface area contributed by atoms with Crippen LogP contribution in [0.25, 0.3) is 10.9 Å². The number of hydrogen-bond donors (Lipinski definition) is 2. The Kier molecular flexibility index (Phi) is 8.16. The molecule has 1 spiro atoms. The monoisotopic (exact) mass is 684 g/mol. The lowest BCUT2D eigenvalue weighted by Crippen LogP contribution is -2.49. The molecule has 1 saturated carbocycles. The van der Waals surface area contributed by atoms with Crippen molar-refractivity contribution in [2.24, 2.45) is 18.4 Å². The lowest BCUT2D eigenvalue weighted by atomic mass is 9.71. The van der Waals surface area contributed by atoms with Crippen molar-refractivity contribution in [3.05, 3.63) is 45.8 Å². The third-order valence-electron chi connectivity index (χ3n) is 10.4. The van der Waals surface area contributed by atoms with Crippen molar-refractivity contribution in [2.75, 3.05) is 48.3 Å². The summed E-state index contributed by atoms with van der Waals surface area (Å²) in [6, 6.07) is 6.29. The number of alkyl halides is 2. The lowest BCUT2D eigenvalue weighted by Gasteiger charge is -2.47. The number of carbonyl (C=O) groups excluding carboxylic acids is 1. The van der Waals surface area contributed by atoms with Gasteiger partial charge in [-0.25, -0.2) is 18.6 Å². The molecule has 4 aliphatic rings. The maximum atomic E-state index is 15.1. The van der Waals surface area contributed by atoms with Crippen LogP contribution in [0.5, 0.6) is 5.75 Å². The van der Waals surface area contributed by atoms with E-state index in [-0.39, 0.29) is 23.2 Å². The Hall–Kier alpha value is -3.80. The average Bonchev–Trinajstić information content (AvgIpc) is 3.88. The molecule has 0 bridgehead atoms. The van der Waals surface area contributed by atoms with Crippen LogP contribution in [-0.2, 0) is 11.8 Å². The van der Waals surface area contributed by atoms with Crippen LogP contribution in [0.3, 0.4) is 0 Å². The Morgan fingerprint density at radius 3 is 2.46 bits per heavy atom. The Labute approximate surface area is 283 Å². The molecule has 1 aliphatic carbocycles. The molecule has 258 valence electrons. The van der Waals surface area contributed by atoms with E-state index in [4.69, 9.17) is 21.1 Å². The molecule has 2 saturated heterocycles. The van der Waals surface area contributed by atoms with E-state index in [9.17, 15) is 9.59 Å². The zero-order valence-corrected chi connectivity index (χ0v) is 28.6. The number of nitrogens with one attached hydrogen (secondary N) is 2. The van der Waals surface area contributed by atoms with Gasteiger partial charge in [0.2, 0.25) is 5.75 Å². The van der Waals surface area contributed by atoms with E-state index >= 15 is 8.78 Å². The first-order chi connectivity index (χ1) is 22.7. The van der Waals surface area contributed by atoms with Gasteiger partial charge in [0.15, 0.2) is 6.61 Å². The maximum absolute atomic E-state index is 15.1. The summed E-state index contributed by atoms with van der Waals surface area (Å²) in [4.78, 5) is 34.5. The van der Waals surface area contributed by atoms with Crippen molar-refractivity contribution >= 4 is 51.5 Å². The van der Waals surface area contributed by atoms with Crippen molar-refractivity contribution in [2.45, 2.75) is 76.9 Å². The fourth-order valence-electron chi connectivity index (χ4n) is 7.34. The Bertz CT molecular complexity index is 1790. The van der Waals surface area contributed by atoms with Crippen molar-refractivity contribution < 1.29 is 23.0 Å². The Balaban J connectivity index is 1.08. The number of aryl methyl sites for hydroxylation is 1. The summed E-state index contributed by atoms with van der Waals surface area (Å²) >= 11 is 6.63. The molecule has 0 unspecified atom stereocenters. The molecule has 0 radical (unpaired) electrons. The van der Waals surface area contributed by atoms with Gasteiger partial charge in [0.05, 0.1) is 34.2 Å². The van der Waals surface area contributed by atoms with E-state index in [1.807, 2.05) is 43.9 Å². The number of carbonyl (C=O) groups is 1. The van der Waals surface area contributed by atoms with Crippen molar-refractivity contribution in [1.82, 2.24) is 14.5 Å². The molecule has 3 aliphatic heterocycles. The summed E-state index contributed by atoms with van der Waals surface area (Å²) in [5.74, 6) is -2.56. The van der Waals surface area contributed by atoms with Crippen molar-refractivity contribution in [1.29, 1.82) is 0 Å². The topological polar surface area (TPSA) is 101 Å². The SMILES string of the molecule is Cn1c(=O)c2c(c3cc(Nc4cc(N5CCC6(CCN(C(=O)OC(C)(C)C)CC6)CC5)ncc4Cl)ccc31)N[C@@H](C1CC1)C(F)(F)CO2. The molecule has 1 atom stereocenters. The van der Waals surface area contributed by atoms with Crippen LogP contribution in [0, 0.1) is 11.3 Å². The van der Waals surface area contributed by atoms with Crippen LogP contribution < -0.4 is 25.8 Å². The van der Waals surface area contributed by atoms with E-state index in [1.165, 1.54) is 4.57 Å². The zero-order chi connectivity index (χ0) is 34.0. The maximum Gasteiger partial charge on any atom is 0.410 e. The van der Waals surface area contributed by atoms with Gasteiger partial charge in [0, 0.05) is 50.4 Å². The molecule has 3 fully saturated rings. The second-order valence-corrected chi connectivity index (χ2v) is 15.3. The van der Waals surface area contributed by atoms with E-state index in [0.29, 0.717) is 58.9 Å². The molecular formula is C35H43ClF2N6O4. The molecule has 2 aromatic heterocycles. The molecule has 1 aromatic carbocycles. The molecular weight excluding hydrogens is 642 g/mol. The van der Waals surface area contributed by atoms with Gasteiger partial charge < -0.3 is 34.5 Å². The number of anilines is 4. The molecule has 7 rings (SSSR count). The number of piperidine rings is 2. The quantitative estimate of drug-likeness (QED) is 0.299. The number of amides is 1. The van der Waals surface area contributed by atoms with Crippen LogP contribution >= 0.6 is 11.6 Å². The van der Waals surface area contributed by atoms with Gasteiger partial charge >= 0.3 is 12.0 Å². The largest absolute Gasteiger partial charge is 0.480 e. The van der Waals surface area contributed by atoms with Crippen molar-refractivity contribution in [3.8, 4) is 5.75 Å². The zero-order valence-electron chi connectivity index (χ0n) is 27.9. The van der Waals surface area contributed by atoms with Crippen LogP contribution in [0.2, 0.25) is 5.02 Å². The summed E-state index contributed by atoms with van der Waals surface area (Å²) in [5, 5.41) is 7.48.